The van der Waals surface area contributed by atoms with Crippen molar-refractivity contribution in [2.45, 2.75) is 6.42 Å². The molecule has 0 unspecified atom stereocenters. The van der Waals surface area contributed by atoms with Crippen molar-refractivity contribution in [2.75, 3.05) is 18.9 Å². The standard InChI is InChI=1S/C17H16ClFN2O2/c1-21(17(23)10-12-2-6-14(19)7-3-12)11-16(22)20-15-8-4-13(18)5-9-15/h2-9H,10-11H2,1H3,(H,20,22). The molecule has 0 saturated carbocycles. The second-order valence-electron chi connectivity index (χ2n) is 5.11. The molecule has 0 aliphatic carbocycles. The van der Waals surface area contributed by atoms with E-state index in [1.165, 1.54) is 17.0 Å². The number of carbonyl (C=O) groups is 2. The monoisotopic (exact) mass is 334 g/mol. The van der Waals surface area contributed by atoms with Crippen LogP contribution in [-0.2, 0) is 16.0 Å². The van der Waals surface area contributed by atoms with Gasteiger partial charge in [-0.25, -0.2) is 4.39 Å². The van der Waals surface area contributed by atoms with Crippen LogP contribution in [0.15, 0.2) is 48.5 Å². The third-order valence-electron chi connectivity index (χ3n) is 3.20. The number of amides is 2. The Labute approximate surface area is 138 Å². The van der Waals surface area contributed by atoms with Gasteiger partial charge < -0.3 is 10.2 Å². The molecule has 4 nitrogen and oxygen atoms in total. The van der Waals surface area contributed by atoms with E-state index in [1.807, 2.05) is 0 Å². The highest BCUT2D eigenvalue weighted by Crippen LogP contribution is 2.13. The first kappa shape index (κ1) is 17.0. The molecule has 1 N–H and O–H groups in total. The molecular formula is C17H16ClFN2O2. The van der Waals surface area contributed by atoms with Crippen molar-refractivity contribution in [3.63, 3.8) is 0 Å². The normalized spacial score (nSPS) is 10.2. The van der Waals surface area contributed by atoms with E-state index in [0.29, 0.717) is 16.3 Å². The maximum Gasteiger partial charge on any atom is 0.243 e. The largest absolute Gasteiger partial charge is 0.336 e. The Morgan fingerprint density at radius 2 is 1.70 bits per heavy atom. The Morgan fingerprint density at radius 1 is 1.09 bits per heavy atom. The van der Waals surface area contributed by atoms with E-state index in [2.05, 4.69) is 5.32 Å². The van der Waals surface area contributed by atoms with Crippen LogP contribution in [0.1, 0.15) is 5.56 Å². The number of rotatable bonds is 5. The molecule has 6 heteroatoms. The van der Waals surface area contributed by atoms with Crippen molar-refractivity contribution in [1.82, 2.24) is 4.90 Å². The first-order valence-corrected chi connectivity index (χ1v) is 7.35. The summed E-state index contributed by atoms with van der Waals surface area (Å²) in [7, 11) is 1.55. The Hall–Kier alpha value is -2.40. The van der Waals surface area contributed by atoms with Crippen LogP contribution >= 0.6 is 11.6 Å². The van der Waals surface area contributed by atoms with Crippen molar-refractivity contribution in [1.29, 1.82) is 0 Å². The van der Waals surface area contributed by atoms with Gasteiger partial charge in [0.05, 0.1) is 13.0 Å². The zero-order valence-electron chi connectivity index (χ0n) is 12.6. The van der Waals surface area contributed by atoms with Crippen LogP contribution in [0.25, 0.3) is 0 Å². The fraction of sp³-hybridized carbons (Fsp3) is 0.176. The molecule has 120 valence electrons. The van der Waals surface area contributed by atoms with Crippen LogP contribution in [0.2, 0.25) is 5.02 Å². The summed E-state index contributed by atoms with van der Waals surface area (Å²) in [6.45, 7) is -0.0668. The van der Waals surface area contributed by atoms with E-state index in [0.717, 1.165) is 0 Å². The van der Waals surface area contributed by atoms with Crippen molar-refractivity contribution < 1.29 is 14.0 Å². The number of hydrogen-bond donors (Lipinski definition) is 1. The fourth-order valence-electron chi connectivity index (χ4n) is 1.95. The number of likely N-dealkylation sites (N-methyl/N-ethyl adjacent to an activating group) is 1. The number of carbonyl (C=O) groups excluding carboxylic acids is 2. The summed E-state index contributed by atoms with van der Waals surface area (Å²) in [5.74, 6) is -0.873. The quantitative estimate of drug-likeness (QED) is 0.913. The number of halogens is 2. The molecule has 0 atom stereocenters. The molecule has 2 aromatic carbocycles. The van der Waals surface area contributed by atoms with Gasteiger partial charge in [-0.2, -0.15) is 0 Å². The van der Waals surface area contributed by atoms with Gasteiger partial charge in [0.2, 0.25) is 11.8 Å². The molecule has 0 spiro atoms. The van der Waals surface area contributed by atoms with Gasteiger partial charge >= 0.3 is 0 Å². The summed E-state index contributed by atoms with van der Waals surface area (Å²) < 4.78 is 12.8. The molecule has 0 heterocycles. The molecule has 0 bridgehead atoms. The minimum Gasteiger partial charge on any atom is -0.336 e. The van der Waals surface area contributed by atoms with Crippen LogP contribution in [0.4, 0.5) is 10.1 Å². The smallest absolute Gasteiger partial charge is 0.243 e. The topological polar surface area (TPSA) is 49.4 Å². The highest BCUT2D eigenvalue weighted by molar-refractivity contribution is 6.30. The van der Waals surface area contributed by atoms with Gasteiger partial charge in [-0.3, -0.25) is 9.59 Å². The third-order valence-corrected chi connectivity index (χ3v) is 3.46. The predicted octanol–water partition coefficient (Wildman–Crippen LogP) is 3.12. The molecule has 0 aliphatic heterocycles. The van der Waals surface area contributed by atoms with Crippen LogP contribution in [0.5, 0.6) is 0 Å². The molecule has 0 fully saturated rings. The second-order valence-corrected chi connectivity index (χ2v) is 5.54. The first-order valence-electron chi connectivity index (χ1n) is 6.98. The van der Waals surface area contributed by atoms with Crippen molar-refractivity contribution in [2.24, 2.45) is 0 Å². The van der Waals surface area contributed by atoms with Gasteiger partial charge in [-0.05, 0) is 42.0 Å². The minimum atomic E-state index is -0.350. The summed E-state index contributed by atoms with van der Waals surface area (Å²) in [6.07, 6.45) is 0.116. The van der Waals surface area contributed by atoms with Gasteiger partial charge in [0, 0.05) is 17.8 Å². The summed E-state index contributed by atoms with van der Waals surface area (Å²) in [5.41, 5.74) is 1.31. The van der Waals surface area contributed by atoms with E-state index in [4.69, 9.17) is 11.6 Å². The predicted molar refractivity (Wildman–Crippen MR) is 87.8 cm³/mol. The van der Waals surface area contributed by atoms with E-state index in [-0.39, 0.29) is 30.6 Å². The second kappa shape index (κ2) is 7.74. The highest BCUT2D eigenvalue weighted by atomic mass is 35.5. The lowest BCUT2D eigenvalue weighted by Gasteiger charge is -2.17. The number of hydrogen-bond acceptors (Lipinski definition) is 2. The number of benzene rings is 2. The average molecular weight is 335 g/mol. The highest BCUT2D eigenvalue weighted by Gasteiger charge is 2.13. The van der Waals surface area contributed by atoms with Crippen molar-refractivity contribution in [3.8, 4) is 0 Å². The lowest BCUT2D eigenvalue weighted by Crippen LogP contribution is -2.35. The molecule has 2 amide bonds. The van der Waals surface area contributed by atoms with Gasteiger partial charge in [0.15, 0.2) is 0 Å². The van der Waals surface area contributed by atoms with E-state index in [1.54, 1.807) is 43.4 Å². The zero-order valence-corrected chi connectivity index (χ0v) is 13.3. The van der Waals surface area contributed by atoms with Crippen LogP contribution in [0, 0.1) is 5.82 Å². The molecule has 0 saturated heterocycles. The van der Waals surface area contributed by atoms with Crippen LogP contribution < -0.4 is 5.32 Å². The lowest BCUT2D eigenvalue weighted by molar-refractivity contribution is -0.132. The van der Waals surface area contributed by atoms with Gasteiger partial charge in [0.25, 0.3) is 0 Å². The molecule has 0 aliphatic rings. The Morgan fingerprint density at radius 3 is 2.30 bits per heavy atom. The number of nitrogens with zero attached hydrogens (tertiary/aromatic N) is 1. The average Bonchev–Trinajstić information content (AvgIpc) is 2.51. The van der Waals surface area contributed by atoms with Crippen LogP contribution in [0.3, 0.4) is 0 Å². The Bertz CT molecular complexity index is 687. The van der Waals surface area contributed by atoms with Crippen LogP contribution in [-0.4, -0.2) is 30.3 Å². The number of anilines is 1. The molecular weight excluding hydrogens is 319 g/mol. The summed E-state index contributed by atoms with van der Waals surface area (Å²) in [6, 6.07) is 12.4. The maximum atomic E-state index is 12.8. The summed E-state index contributed by atoms with van der Waals surface area (Å²) in [5, 5.41) is 3.26. The van der Waals surface area contributed by atoms with E-state index in [9.17, 15) is 14.0 Å². The molecule has 23 heavy (non-hydrogen) atoms. The Kier molecular flexibility index (Phi) is 5.71. The SMILES string of the molecule is CN(CC(=O)Nc1ccc(Cl)cc1)C(=O)Cc1ccc(F)cc1. The molecule has 2 aromatic rings. The minimum absolute atomic E-state index is 0.0668. The summed E-state index contributed by atoms with van der Waals surface area (Å²) >= 11 is 5.77. The summed E-state index contributed by atoms with van der Waals surface area (Å²) in [4.78, 5) is 25.3. The van der Waals surface area contributed by atoms with E-state index < -0.39 is 0 Å². The third kappa shape index (κ3) is 5.38. The van der Waals surface area contributed by atoms with Crippen molar-refractivity contribution >= 4 is 29.1 Å². The van der Waals surface area contributed by atoms with Crippen molar-refractivity contribution in [3.05, 3.63) is 64.9 Å². The lowest BCUT2D eigenvalue weighted by atomic mass is 10.1. The molecule has 0 aromatic heterocycles. The Balaban J connectivity index is 1.86. The van der Waals surface area contributed by atoms with E-state index >= 15 is 0 Å². The van der Waals surface area contributed by atoms with Gasteiger partial charge in [-0.15, -0.1) is 0 Å². The van der Waals surface area contributed by atoms with Gasteiger partial charge in [0.1, 0.15) is 5.82 Å². The zero-order chi connectivity index (χ0) is 16.8. The number of nitrogens with one attached hydrogen (secondary N) is 1. The fourth-order valence-corrected chi connectivity index (χ4v) is 2.08. The molecule has 2 rings (SSSR count). The molecule has 0 radical (unpaired) electrons. The first-order chi connectivity index (χ1) is 10.9. The van der Waals surface area contributed by atoms with Gasteiger partial charge in [-0.1, -0.05) is 23.7 Å². The maximum absolute atomic E-state index is 12.8.